The lowest BCUT2D eigenvalue weighted by molar-refractivity contribution is 0.0950. The maximum absolute atomic E-state index is 13.2. The largest absolute Gasteiger partial charge is 0.497 e. The first kappa shape index (κ1) is 21.5. The molecule has 2 aromatic carbocycles. The van der Waals surface area contributed by atoms with Gasteiger partial charge in [0.05, 0.1) is 35.8 Å². The number of fused-ring (bicyclic) bond motifs is 2. The summed E-state index contributed by atoms with van der Waals surface area (Å²) in [6.45, 7) is 2.67. The van der Waals surface area contributed by atoms with Crippen LogP contribution in [0.1, 0.15) is 27.2 Å². The summed E-state index contributed by atoms with van der Waals surface area (Å²) in [6, 6.07) is 16.5. The van der Waals surface area contributed by atoms with Crippen LogP contribution in [0.15, 0.2) is 65.6 Å². The topological polar surface area (TPSA) is 91.7 Å². The Morgan fingerprint density at radius 3 is 2.62 bits per heavy atom. The van der Waals surface area contributed by atoms with E-state index in [4.69, 9.17) is 14.2 Å². The number of hydrogen-bond donors (Lipinski definition) is 1. The molecule has 0 bridgehead atoms. The Hall–Kier alpha value is -4.33. The first-order chi connectivity index (χ1) is 16.5. The van der Waals surface area contributed by atoms with E-state index in [0.717, 1.165) is 16.9 Å². The molecule has 5 rings (SSSR count). The van der Waals surface area contributed by atoms with Crippen molar-refractivity contribution in [2.45, 2.75) is 20.0 Å². The molecule has 0 unspecified atom stereocenters. The van der Waals surface area contributed by atoms with Crippen LogP contribution >= 0.6 is 0 Å². The molecule has 1 amide bonds. The van der Waals surface area contributed by atoms with Crippen molar-refractivity contribution >= 4 is 16.8 Å². The zero-order chi connectivity index (χ0) is 23.7. The van der Waals surface area contributed by atoms with Crippen LogP contribution in [-0.4, -0.2) is 29.4 Å². The number of rotatable bonds is 6. The Labute approximate surface area is 195 Å². The number of aryl methyl sites for hydroxylation is 1. The van der Waals surface area contributed by atoms with Gasteiger partial charge < -0.3 is 24.1 Å². The quantitative estimate of drug-likeness (QED) is 0.477. The second kappa shape index (κ2) is 8.90. The molecule has 0 spiro atoms. The van der Waals surface area contributed by atoms with Crippen LogP contribution in [0.2, 0.25) is 0 Å². The molecule has 4 aromatic rings. The standard InChI is InChI=1S/C26H23N3O5/c1-16-20(25(30)27-13-18-5-8-23-24(11-18)34-15-33-23)12-21-22(28-16)9-10-29(26(21)31)14-17-3-6-19(32-2)7-4-17/h3-12H,13-15H2,1-2H3,(H,27,30). The molecule has 8 heteroatoms. The number of hydrogen-bond acceptors (Lipinski definition) is 6. The number of ether oxygens (including phenoxy) is 3. The van der Waals surface area contributed by atoms with Crippen molar-refractivity contribution in [2.75, 3.05) is 13.9 Å². The summed E-state index contributed by atoms with van der Waals surface area (Å²) in [5.74, 6) is 1.81. The van der Waals surface area contributed by atoms with E-state index >= 15 is 0 Å². The Morgan fingerprint density at radius 2 is 1.82 bits per heavy atom. The van der Waals surface area contributed by atoms with Crippen LogP contribution in [-0.2, 0) is 13.1 Å². The van der Waals surface area contributed by atoms with Crippen LogP contribution in [0.3, 0.4) is 0 Å². The molecule has 1 aliphatic heterocycles. The number of pyridine rings is 2. The lowest BCUT2D eigenvalue weighted by atomic mass is 10.1. The van der Waals surface area contributed by atoms with Gasteiger partial charge in [-0.05, 0) is 54.4 Å². The fraction of sp³-hybridized carbons (Fsp3) is 0.192. The van der Waals surface area contributed by atoms with E-state index in [1.165, 1.54) is 0 Å². The number of nitrogens with one attached hydrogen (secondary N) is 1. The summed E-state index contributed by atoms with van der Waals surface area (Å²) in [7, 11) is 1.61. The van der Waals surface area contributed by atoms with Gasteiger partial charge in [0.2, 0.25) is 6.79 Å². The maximum atomic E-state index is 13.2. The number of carbonyl (C=O) groups excluding carboxylic acids is 1. The monoisotopic (exact) mass is 457 g/mol. The molecule has 0 radical (unpaired) electrons. The zero-order valence-corrected chi connectivity index (χ0v) is 18.8. The van der Waals surface area contributed by atoms with Gasteiger partial charge >= 0.3 is 0 Å². The van der Waals surface area contributed by atoms with Crippen LogP contribution in [0.4, 0.5) is 0 Å². The summed E-state index contributed by atoms with van der Waals surface area (Å²) in [4.78, 5) is 30.6. The van der Waals surface area contributed by atoms with E-state index in [1.807, 2.05) is 42.5 Å². The molecular formula is C26H23N3O5. The van der Waals surface area contributed by atoms with E-state index < -0.39 is 0 Å². The summed E-state index contributed by atoms with van der Waals surface area (Å²) in [5, 5.41) is 3.30. The van der Waals surface area contributed by atoms with Gasteiger partial charge in [-0.2, -0.15) is 0 Å². The maximum Gasteiger partial charge on any atom is 0.260 e. The first-order valence-corrected chi connectivity index (χ1v) is 10.8. The van der Waals surface area contributed by atoms with Gasteiger partial charge in [0.1, 0.15) is 5.75 Å². The molecule has 34 heavy (non-hydrogen) atoms. The van der Waals surface area contributed by atoms with Gasteiger partial charge in [0.25, 0.3) is 11.5 Å². The summed E-state index contributed by atoms with van der Waals surface area (Å²) in [5.41, 5.74) is 3.12. The van der Waals surface area contributed by atoms with Crippen molar-refractivity contribution in [1.82, 2.24) is 14.9 Å². The first-order valence-electron chi connectivity index (χ1n) is 10.8. The number of amides is 1. The third kappa shape index (κ3) is 4.17. The number of benzene rings is 2. The number of aromatic nitrogens is 2. The van der Waals surface area contributed by atoms with Gasteiger partial charge in [-0.15, -0.1) is 0 Å². The van der Waals surface area contributed by atoms with Crippen LogP contribution < -0.4 is 25.1 Å². The van der Waals surface area contributed by atoms with Crippen molar-refractivity contribution in [1.29, 1.82) is 0 Å². The minimum Gasteiger partial charge on any atom is -0.497 e. The van der Waals surface area contributed by atoms with E-state index in [2.05, 4.69) is 10.3 Å². The fourth-order valence-corrected chi connectivity index (χ4v) is 3.92. The number of carbonyl (C=O) groups is 1. The second-order valence-corrected chi connectivity index (χ2v) is 8.02. The van der Waals surface area contributed by atoms with Crippen molar-refractivity contribution in [2.24, 2.45) is 0 Å². The fourth-order valence-electron chi connectivity index (χ4n) is 3.92. The van der Waals surface area contributed by atoms with Gasteiger partial charge in [-0.1, -0.05) is 18.2 Å². The van der Waals surface area contributed by atoms with Gasteiger partial charge in [0, 0.05) is 12.7 Å². The minimum absolute atomic E-state index is 0.198. The normalized spacial score (nSPS) is 12.1. The highest BCUT2D eigenvalue weighted by atomic mass is 16.7. The molecule has 0 saturated heterocycles. The molecule has 172 valence electrons. The van der Waals surface area contributed by atoms with Gasteiger partial charge in [-0.25, -0.2) is 0 Å². The molecule has 0 saturated carbocycles. The molecule has 0 atom stereocenters. The predicted octanol–water partition coefficient (Wildman–Crippen LogP) is 3.42. The third-order valence-electron chi connectivity index (χ3n) is 5.79. The predicted molar refractivity (Wildman–Crippen MR) is 127 cm³/mol. The molecule has 1 aliphatic rings. The second-order valence-electron chi connectivity index (χ2n) is 8.02. The van der Waals surface area contributed by atoms with Crippen molar-refractivity contribution in [3.8, 4) is 17.2 Å². The molecule has 3 heterocycles. The lowest BCUT2D eigenvalue weighted by Gasteiger charge is -2.11. The minimum atomic E-state index is -0.297. The van der Waals surface area contributed by atoms with Crippen molar-refractivity contribution in [3.05, 3.63) is 93.5 Å². The average molecular weight is 457 g/mol. The van der Waals surface area contributed by atoms with E-state index in [0.29, 0.717) is 46.7 Å². The smallest absolute Gasteiger partial charge is 0.260 e. The summed E-state index contributed by atoms with van der Waals surface area (Å²) >= 11 is 0. The molecule has 8 nitrogen and oxygen atoms in total. The highest BCUT2D eigenvalue weighted by Crippen LogP contribution is 2.32. The van der Waals surface area contributed by atoms with Crippen LogP contribution in [0.25, 0.3) is 10.9 Å². The zero-order valence-electron chi connectivity index (χ0n) is 18.8. The molecular weight excluding hydrogens is 434 g/mol. The van der Waals surface area contributed by atoms with Gasteiger partial charge in [-0.3, -0.25) is 14.6 Å². The third-order valence-corrected chi connectivity index (χ3v) is 5.79. The van der Waals surface area contributed by atoms with Crippen LogP contribution in [0, 0.1) is 6.92 Å². The number of nitrogens with zero attached hydrogens (tertiary/aromatic N) is 2. The van der Waals surface area contributed by atoms with Crippen molar-refractivity contribution in [3.63, 3.8) is 0 Å². The van der Waals surface area contributed by atoms with E-state index in [-0.39, 0.29) is 18.3 Å². The summed E-state index contributed by atoms with van der Waals surface area (Å²) < 4.78 is 17.5. The highest BCUT2D eigenvalue weighted by molar-refractivity contribution is 5.98. The Bertz CT molecular complexity index is 1440. The van der Waals surface area contributed by atoms with E-state index in [1.54, 1.807) is 36.9 Å². The molecule has 0 aliphatic carbocycles. The highest BCUT2D eigenvalue weighted by Gasteiger charge is 2.16. The Balaban J connectivity index is 1.38. The van der Waals surface area contributed by atoms with Crippen LogP contribution in [0.5, 0.6) is 17.2 Å². The Kier molecular flexibility index (Phi) is 5.63. The average Bonchev–Trinajstić information content (AvgIpc) is 3.32. The van der Waals surface area contributed by atoms with Gasteiger partial charge in [0.15, 0.2) is 11.5 Å². The van der Waals surface area contributed by atoms with E-state index in [9.17, 15) is 9.59 Å². The van der Waals surface area contributed by atoms with Crippen molar-refractivity contribution < 1.29 is 19.0 Å². The molecule has 1 N–H and O–H groups in total. The Morgan fingerprint density at radius 1 is 1.06 bits per heavy atom. The molecule has 2 aromatic heterocycles. The SMILES string of the molecule is COc1ccc(Cn2ccc3nc(C)c(C(=O)NCc4ccc5c(c4)OCO5)cc3c2=O)cc1. The summed E-state index contributed by atoms with van der Waals surface area (Å²) in [6.07, 6.45) is 1.72. The lowest BCUT2D eigenvalue weighted by Crippen LogP contribution is -2.25. The molecule has 0 fully saturated rings. The number of methoxy groups -OCH3 is 1.